The van der Waals surface area contributed by atoms with Gasteiger partial charge >= 0.3 is 5.97 Å². The number of nitrogens with two attached hydrogens (primary N) is 1. The molecule has 1 saturated heterocycles. The lowest BCUT2D eigenvalue weighted by Crippen LogP contribution is -2.37. The van der Waals surface area contributed by atoms with Gasteiger partial charge in [-0.25, -0.2) is 18.4 Å². The van der Waals surface area contributed by atoms with E-state index in [1.807, 2.05) is 35.4 Å². The smallest absolute Gasteiger partial charge is 0.340 e. The molecule has 9 heteroatoms. The van der Waals surface area contributed by atoms with Crippen LogP contribution in [0.3, 0.4) is 0 Å². The first-order chi connectivity index (χ1) is 13.4. The summed E-state index contributed by atoms with van der Waals surface area (Å²) < 4.78 is 34.2. The van der Waals surface area contributed by atoms with Crippen LogP contribution in [-0.4, -0.2) is 46.9 Å². The van der Waals surface area contributed by atoms with E-state index in [2.05, 4.69) is 0 Å². The molecule has 1 aliphatic rings. The predicted octanol–water partition coefficient (Wildman–Crippen LogP) is 2.25. The minimum atomic E-state index is -3.93. The number of hydrogen-bond acceptors (Lipinski definition) is 7. The predicted molar refractivity (Wildman–Crippen MR) is 108 cm³/mol. The summed E-state index contributed by atoms with van der Waals surface area (Å²) in [6.07, 6.45) is 1.99. The number of nitrogens with zero attached hydrogens (tertiary/aromatic N) is 1. The van der Waals surface area contributed by atoms with Crippen molar-refractivity contribution in [3.63, 3.8) is 0 Å². The Bertz CT molecular complexity index is 939. The molecular formula is C19H22N2O5S2. The SMILES string of the molecule is CSc1ccc(COC(=O)c2cc(S(N)(=O)=O)ccc2N2CCOCC2)cc1. The summed E-state index contributed by atoms with van der Waals surface area (Å²) in [5, 5.41) is 5.23. The van der Waals surface area contributed by atoms with Crippen molar-refractivity contribution in [2.24, 2.45) is 5.14 Å². The van der Waals surface area contributed by atoms with E-state index in [1.54, 1.807) is 17.8 Å². The van der Waals surface area contributed by atoms with Crippen LogP contribution in [0.4, 0.5) is 5.69 Å². The van der Waals surface area contributed by atoms with Gasteiger partial charge in [-0.05, 0) is 42.2 Å². The molecule has 0 amide bonds. The van der Waals surface area contributed by atoms with E-state index < -0.39 is 16.0 Å². The molecule has 2 aromatic carbocycles. The van der Waals surface area contributed by atoms with Crippen LogP contribution in [0.15, 0.2) is 52.3 Å². The van der Waals surface area contributed by atoms with Gasteiger partial charge < -0.3 is 14.4 Å². The third-order valence-electron chi connectivity index (χ3n) is 4.40. The van der Waals surface area contributed by atoms with Crippen LogP contribution in [0.25, 0.3) is 0 Å². The van der Waals surface area contributed by atoms with E-state index in [0.717, 1.165) is 10.5 Å². The number of rotatable bonds is 6. The van der Waals surface area contributed by atoms with E-state index in [-0.39, 0.29) is 17.1 Å². The Labute approximate surface area is 168 Å². The highest BCUT2D eigenvalue weighted by molar-refractivity contribution is 7.98. The molecule has 1 fully saturated rings. The highest BCUT2D eigenvalue weighted by Crippen LogP contribution is 2.26. The molecule has 0 saturated carbocycles. The molecular weight excluding hydrogens is 400 g/mol. The van der Waals surface area contributed by atoms with Crippen LogP contribution in [0.5, 0.6) is 0 Å². The van der Waals surface area contributed by atoms with Gasteiger partial charge in [0, 0.05) is 18.0 Å². The minimum absolute atomic E-state index is 0.0929. The number of anilines is 1. The van der Waals surface area contributed by atoms with Crippen molar-refractivity contribution >= 4 is 33.4 Å². The van der Waals surface area contributed by atoms with Gasteiger partial charge in [0.05, 0.1) is 29.4 Å². The number of benzene rings is 2. The summed E-state index contributed by atoms with van der Waals surface area (Å²) in [4.78, 5) is 15.7. The normalized spacial score (nSPS) is 14.7. The monoisotopic (exact) mass is 422 g/mol. The van der Waals surface area contributed by atoms with Crippen LogP contribution in [0.1, 0.15) is 15.9 Å². The second-order valence-corrected chi connectivity index (χ2v) is 8.69. The summed E-state index contributed by atoms with van der Waals surface area (Å²) in [7, 11) is -3.93. The van der Waals surface area contributed by atoms with Gasteiger partial charge in [-0.1, -0.05) is 12.1 Å². The van der Waals surface area contributed by atoms with E-state index in [9.17, 15) is 13.2 Å². The Balaban J connectivity index is 1.84. The number of hydrogen-bond donors (Lipinski definition) is 1. The van der Waals surface area contributed by atoms with Gasteiger partial charge in [0.2, 0.25) is 10.0 Å². The first-order valence-corrected chi connectivity index (χ1v) is 11.4. The van der Waals surface area contributed by atoms with E-state index in [1.165, 1.54) is 12.1 Å². The Morgan fingerprint density at radius 1 is 1.18 bits per heavy atom. The van der Waals surface area contributed by atoms with Crippen molar-refractivity contribution in [2.45, 2.75) is 16.4 Å². The Hall–Kier alpha value is -2.07. The molecule has 2 aromatic rings. The first-order valence-electron chi connectivity index (χ1n) is 8.68. The zero-order valence-electron chi connectivity index (χ0n) is 15.5. The molecule has 0 unspecified atom stereocenters. The summed E-state index contributed by atoms with van der Waals surface area (Å²) in [5.41, 5.74) is 1.63. The zero-order chi connectivity index (χ0) is 20.1. The van der Waals surface area contributed by atoms with Crippen LogP contribution in [0.2, 0.25) is 0 Å². The first kappa shape index (κ1) is 20.7. The molecule has 0 aliphatic carbocycles. The standard InChI is InChI=1S/C19H22N2O5S2/c1-27-15-4-2-14(3-5-15)13-26-19(22)17-12-16(28(20,23)24)6-7-18(17)21-8-10-25-11-9-21/h2-7,12H,8-11,13H2,1H3,(H2,20,23,24). The fourth-order valence-electron chi connectivity index (χ4n) is 2.88. The topological polar surface area (TPSA) is 98.9 Å². The lowest BCUT2D eigenvalue weighted by atomic mass is 10.1. The van der Waals surface area contributed by atoms with Crippen LogP contribution in [0, 0.1) is 0 Å². The van der Waals surface area contributed by atoms with Gasteiger partial charge in [-0.15, -0.1) is 11.8 Å². The Kier molecular flexibility index (Phi) is 6.61. The lowest BCUT2D eigenvalue weighted by molar-refractivity contribution is 0.0472. The molecule has 1 heterocycles. The van der Waals surface area contributed by atoms with Crippen LogP contribution < -0.4 is 10.0 Å². The number of primary sulfonamides is 1. The summed E-state index contributed by atoms with van der Waals surface area (Å²) in [5.74, 6) is -0.596. The van der Waals surface area contributed by atoms with Crippen molar-refractivity contribution in [3.8, 4) is 0 Å². The number of sulfonamides is 1. The molecule has 150 valence electrons. The fourth-order valence-corrected chi connectivity index (χ4v) is 3.83. The maximum atomic E-state index is 12.8. The maximum absolute atomic E-state index is 12.8. The second kappa shape index (κ2) is 8.95. The summed E-state index contributed by atoms with van der Waals surface area (Å²) in [6, 6.07) is 12.0. The molecule has 0 bridgehead atoms. The van der Waals surface area contributed by atoms with Gasteiger partial charge in [-0.3, -0.25) is 0 Å². The van der Waals surface area contributed by atoms with Crippen molar-refractivity contribution in [3.05, 3.63) is 53.6 Å². The zero-order valence-corrected chi connectivity index (χ0v) is 17.1. The second-order valence-electron chi connectivity index (χ2n) is 6.25. The number of thioether (sulfide) groups is 1. The number of esters is 1. The highest BCUT2D eigenvalue weighted by atomic mass is 32.2. The minimum Gasteiger partial charge on any atom is -0.457 e. The average Bonchev–Trinajstić information content (AvgIpc) is 2.72. The molecule has 28 heavy (non-hydrogen) atoms. The van der Waals surface area contributed by atoms with Crippen LogP contribution in [-0.2, 0) is 26.1 Å². The summed E-state index contributed by atoms with van der Waals surface area (Å²) >= 11 is 1.63. The van der Waals surface area contributed by atoms with Gasteiger partial charge in [0.25, 0.3) is 0 Å². The maximum Gasteiger partial charge on any atom is 0.340 e. The molecule has 7 nitrogen and oxygen atoms in total. The molecule has 0 radical (unpaired) electrons. The highest BCUT2D eigenvalue weighted by Gasteiger charge is 2.22. The molecule has 0 atom stereocenters. The van der Waals surface area contributed by atoms with Crippen LogP contribution >= 0.6 is 11.8 Å². The number of carbonyl (C=O) groups is 1. The van der Waals surface area contributed by atoms with Gasteiger partial charge in [0.15, 0.2) is 0 Å². The van der Waals surface area contributed by atoms with E-state index >= 15 is 0 Å². The third kappa shape index (κ3) is 5.05. The molecule has 2 N–H and O–H groups in total. The average molecular weight is 423 g/mol. The molecule has 1 aliphatic heterocycles. The summed E-state index contributed by atoms with van der Waals surface area (Å²) in [6.45, 7) is 2.37. The number of carbonyl (C=O) groups excluding carboxylic acids is 1. The lowest BCUT2D eigenvalue weighted by Gasteiger charge is -2.30. The quantitative estimate of drug-likeness (QED) is 0.563. The van der Waals surface area contributed by atoms with Crippen molar-refractivity contribution < 1.29 is 22.7 Å². The molecule has 3 rings (SSSR count). The van der Waals surface area contributed by atoms with Gasteiger partial charge in [-0.2, -0.15) is 0 Å². The van der Waals surface area contributed by atoms with E-state index in [4.69, 9.17) is 14.6 Å². The Morgan fingerprint density at radius 2 is 1.86 bits per heavy atom. The van der Waals surface area contributed by atoms with Crippen molar-refractivity contribution in [1.29, 1.82) is 0 Å². The third-order valence-corrected chi connectivity index (χ3v) is 6.05. The largest absolute Gasteiger partial charge is 0.457 e. The van der Waals surface area contributed by atoms with Crippen molar-refractivity contribution in [1.82, 2.24) is 0 Å². The van der Waals surface area contributed by atoms with Crippen molar-refractivity contribution in [2.75, 3.05) is 37.5 Å². The number of ether oxygens (including phenoxy) is 2. The van der Waals surface area contributed by atoms with Gasteiger partial charge in [0.1, 0.15) is 6.61 Å². The van der Waals surface area contributed by atoms with E-state index in [0.29, 0.717) is 32.0 Å². The number of morpholine rings is 1. The molecule has 0 aromatic heterocycles. The Morgan fingerprint density at radius 3 is 2.46 bits per heavy atom. The fraction of sp³-hybridized carbons (Fsp3) is 0.316. The molecule has 0 spiro atoms.